The second-order valence-corrected chi connectivity index (χ2v) is 10.3. The summed E-state index contributed by atoms with van der Waals surface area (Å²) >= 11 is 0. The van der Waals surface area contributed by atoms with Gasteiger partial charge in [0.2, 0.25) is 0 Å². The van der Waals surface area contributed by atoms with Crippen molar-refractivity contribution in [3.63, 3.8) is 0 Å². The summed E-state index contributed by atoms with van der Waals surface area (Å²) in [5.41, 5.74) is -7.31. The van der Waals surface area contributed by atoms with Crippen LogP contribution in [0.5, 0.6) is 0 Å². The summed E-state index contributed by atoms with van der Waals surface area (Å²) in [6, 6.07) is -25.2. The number of benzene rings is 7. The fourth-order valence-electron chi connectivity index (χ4n) is 5.28. The lowest BCUT2D eigenvalue weighted by atomic mass is 10.0. The monoisotopic (exact) mass is 668 g/mol. The van der Waals surface area contributed by atoms with Gasteiger partial charge in [-0.2, -0.15) is 0 Å². The number of aromatic nitrogens is 4. The third-order valence-electron chi connectivity index (χ3n) is 7.43. The van der Waals surface area contributed by atoms with Gasteiger partial charge in [-0.1, -0.05) is 121 Å². The molecule has 0 fully saturated rings. The van der Waals surface area contributed by atoms with Crippen LogP contribution in [0.1, 0.15) is 38.4 Å². The Hall–Kier alpha value is -6.85. The highest BCUT2D eigenvalue weighted by Gasteiger charge is 2.18. The van der Waals surface area contributed by atoms with E-state index in [1.54, 1.807) is 0 Å². The van der Waals surface area contributed by atoms with Crippen LogP contribution in [-0.4, -0.2) is 19.5 Å². The van der Waals surface area contributed by atoms with E-state index in [0.717, 1.165) is 4.57 Å². The molecule has 0 bridgehead atoms. The van der Waals surface area contributed by atoms with Crippen molar-refractivity contribution >= 4 is 43.7 Å². The highest BCUT2D eigenvalue weighted by molar-refractivity contribution is 6.10. The number of fused-ring (bicyclic) bond motifs is 6. The molecule has 5 heteroatoms. The summed E-state index contributed by atoms with van der Waals surface area (Å²) in [4.78, 5) is 13.2. The molecular weight excluding hydrogens is 613 g/mol. The van der Waals surface area contributed by atoms with Gasteiger partial charge in [0.15, 0.2) is 17.5 Å². The lowest BCUT2D eigenvalue weighted by Crippen LogP contribution is -2.00. The fraction of sp³-hybridized carbons (Fsp3) is 0. The predicted molar refractivity (Wildman–Crippen MR) is 203 cm³/mol. The number of nitrogens with zero attached hydrogens (tertiary/aromatic N) is 4. The normalized spacial score (nSPS) is 19.4. The molecular formula is C45H28N4O. The average molecular weight is 669 g/mol. The van der Waals surface area contributed by atoms with Crippen LogP contribution in [0.3, 0.4) is 0 Å². The second-order valence-electron chi connectivity index (χ2n) is 10.3. The molecule has 10 aromatic rings. The van der Waals surface area contributed by atoms with Gasteiger partial charge in [0.1, 0.15) is 11.2 Å². The molecule has 5 nitrogen and oxygen atoms in total. The second kappa shape index (κ2) is 11.4. The van der Waals surface area contributed by atoms with Crippen LogP contribution in [0.4, 0.5) is 0 Å². The standard InChI is InChI=1S/C45H28N4O/c1-3-12-29(13-4-1)30-14-11-15-31(26-30)43-46-44(48-45(47-43)33-23-25-38-37-19-8-10-21-41(37)50-42(38)28-33)32-22-24-36-35-18-7-9-20-39(35)49(40(36)27-32)34-16-5-2-6-17-34/h1-28H/i1D,2D,3D,4D,5D,6D,7D,8D,9D,10D,11D,12D,13D,14D,15D,16D,17D,18D,19D,20D,21D,22D,23D,24D,25D,26D,27D,28D. The first-order chi connectivity index (χ1) is 36.4. The first-order valence-electron chi connectivity index (χ1n) is 28.4. The van der Waals surface area contributed by atoms with Crippen molar-refractivity contribution < 1.29 is 42.8 Å². The van der Waals surface area contributed by atoms with Gasteiger partial charge in [-0.05, 0) is 59.5 Å². The van der Waals surface area contributed by atoms with Crippen LogP contribution in [0.25, 0.3) is 94.7 Å². The van der Waals surface area contributed by atoms with Crippen molar-refractivity contribution in [2.45, 2.75) is 0 Å². The summed E-state index contributed by atoms with van der Waals surface area (Å²) in [5.74, 6) is -2.80. The van der Waals surface area contributed by atoms with E-state index in [0.29, 0.717) is 0 Å². The Bertz CT molecular complexity index is 4440. The van der Waals surface area contributed by atoms with Crippen LogP contribution >= 0.6 is 0 Å². The molecule has 0 saturated heterocycles. The first-order valence-corrected chi connectivity index (χ1v) is 14.4. The Kier molecular flexibility index (Phi) is 2.72. The van der Waals surface area contributed by atoms with Gasteiger partial charge in [0, 0.05) is 43.9 Å². The van der Waals surface area contributed by atoms with Gasteiger partial charge in [-0.3, -0.25) is 0 Å². The van der Waals surface area contributed by atoms with E-state index in [-0.39, 0.29) is 5.39 Å². The molecule has 0 aliphatic heterocycles. The van der Waals surface area contributed by atoms with E-state index in [9.17, 15) is 8.22 Å². The number of hydrogen-bond donors (Lipinski definition) is 0. The van der Waals surface area contributed by atoms with E-state index in [1.807, 2.05) is 0 Å². The molecule has 0 N–H and O–H groups in total. The fourth-order valence-corrected chi connectivity index (χ4v) is 5.28. The molecule has 0 amide bonds. The summed E-state index contributed by atoms with van der Waals surface area (Å²) in [6.45, 7) is 0. The molecule has 10 rings (SSSR count). The molecule has 0 aliphatic carbocycles. The van der Waals surface area contributed by atoms with E-state index in [4.69, 9.17) is 34.6 Å². The van der Waals surface area contributed by atoms with Crippen LogP contribution < -0.4 is 0 Å². The molecule has 0 spiro atoms. The Morgan fingerprint density at radius 3 is 1.70 bits per heavy atom. The van der Waals surface area contributed by atoms with E-state index >= 15 is 0 Å². The molecule has 50 heavy (non-hydrogen) atoms. The maximum absolute atomic E-state index is 9.89. The maximum Gasteiger partial charge on any atom is 0.164 e. The lowest BCUT2D eigenvalue weighted by Gasteiger charge is -2.11. The van der Waals surface area contributed by atoms with Crippen molar-refractivity contribution in [1.82, 2.24) is 19.5 Å². The number of rotatable bonds is 5. The lowest BCUT2D eigenvalue weighted by molar-refractivity contribution is 0.669. The van der Waals surface area contributed by atoms with Gasteiger partial charge in [0.25, 0.3) is 0 Å². The van der Waals surface area contributed by atoms with Gasteiger partial charge < -0.3 is 8.98 Å². The van der Waals surface area contributed by atoms with Crippen LogP contribution in [-0.2, 0) is 0 Å². The zero-order valence-electron chi connectivity index (χ0n) is 52.7. The van der Waals surface area contributed by atoms with Crippen LogP contribution in [0.15, 0.2) is 174 Å². The molecule has 0 radical (unpaired) electrons. The summed E-state index contributed by atoms with van der Waals surface area (Å²) in [7, 11) is 0. The smallest absolute Gasteiger partial charge is 0.164 e. The SMILES string of the molecule is [2H]c1c([2H])c([2H])c(-c2c([2H])c([2H])c([2H])c(-c3nc(-c4c([2H])c([2H])c5c(oc6c([2H])c([2H])c([2H])c([2H])c65)c4[2H])nc(-c4c([2H])c([2H])c5c6c([2H])c([2H])c([2H])c([2H])c6n(-c6c([2H])c([2H])c([2H])c([2H])c6[2H])c5c4[2H])n3)c2[2H])c([2H])c1[2H]. The average Bonchev–Trinajstić information content (AvgIpc) is 4.05. The minimum Gasteiger partial charge on any atom is -0.456 e. The van der Waals surface area contributed by atoms with Gasteiger partial charge >= 0.3 is 0 Å². The summed E-state index contributed by atoms with van der Waals surface area (Å²) < 4.78 is 254. The molecule has 3 heterocycles. The highest BCUT2D eigenvalue weighted by Crippen LogP contribution is 2.36. The van der Waals surface area contributed by atoms with E-state index < -0.39 is 259 Å². The number of hydrogen-bond acceptors (Lipinski definition) is 4. The minimum absolute atomic E-state index is 0.381. The zero-order valence-corrected chi connectivity index (χ0v) is 24.7. The van der Waals surface area contributed by atoms with Crippen molar-refractivity contribution in [2.75, 3.05) is 0 Å². The largest absolute Gasteiger partial charge is 0.456 e. The van der Waals surface area contributed by atoms with Crippen molar-refractivity contribution in [1.29, 1.82) is 0 Å². The predicted octanol–water partition coefficient (Wildman–Crippen LogP) is 11.5. The number of furan rings is 1. The minimum atomic E-state index is -1.04. The molecule has 0 atom stereocenters. The van der Waals surface area contributed by atoms with E-state index in [1.165, 1.54) is 0 Å². The van der Waals surface area contributed by atoms with Crippen LogP contribution in [0.2, 0.25) is 0 Å². The van der Waals surface area contributed by atoms with Crippen molar-refractivity contribution in [3.05, 3.63) is 169 Å². The molecule has 0 saturated carbocycles. The van der Waals surface area contributed by atoms with Gasteiger partial charge in [-0.15, -0.1) is 0 Å². The van der Waals surface area contributed by atoms with Gasteiger partial charge in [0.05, 0.1) is 49.4 Å². The molecule has 0 aliphatic rings. The highest BCUT2D eigenvalue weighted by atomic mass is 16.3. The van der Waals surface area contributed by atoms with E-state index in [2.05, 4.69) is 15.0 Å². The van der Waals surface area contributed by atoms with Crippen molar-refractivity contribution in [2.24, 2.45) is 0 Å². The maximum atomic E-state index is 9.89. The third kappa shape index (κ3) is 4.67. The number of para-hydroxylation sites is 3. The topological polar surface area (TPSA) is 56.7 Å². The first kappa shape index (κ1) is 11.9. The quantitative estimate of drug-likeness (QED) is 0.183. The Labute approximate surface area is 327 Å². The Morgan fingerprint density at radius 1 is 0.380 bits per heavy atom. The van der Waals surface area contributed by atoms with Crippen LogP contribution in [0, 0.1) is 0 Å². The van der Waals surface area contributed by atoms with Crippen molar-refractivity contribution in [3.8, 4) is 51.0 Å². The summed E-state index contributed by atoms with van der Waals surface area (Å²) in [6.07, 6.45) is 0. The molecule has 3 aromatic heterocycles. The summed E-state index contributed by atoms with van der Waals surface area (Å²) in [5, 5.41) is -1.91. The van der Waals surface area contributed by atoms with Gasteiger partial charge in [-0.25, -0.2) is 15.0 Å². The Balaban J connectivity index is 1.42. The zero-order chi connectivity index (χ0) is 57.4. The molecule has 0 unspecified atom stereocenters. The molecule has 234 valence electrons. The Morgan fingerprint density at radius 2 is 0.920 bits per heavy atom. The third-order valence-corrected chi connectivity index (χ3v) is 7.43. The molecule has 7 aromatic carbocycles.